The van der Waals surface area contributed by atoms with Crippen LogP contribution in [0, 0.1) is 5.41 Å². The molecule has 1 aliphatic carbocycles. The van der Waals surface area contributed by atoms with E-state index in [9.17, 15) is 18.0 Å². The molecule has 6 rings (SSSR count). The molecule has 3 heterocycles. The van der Waals surface area contributed by atoms with Crippen LogP contribution in [-0.4, -0.2) is 54.3 Å². The van der Waals surface area contributed by atoms with E-state index in [2.05, 4.69) is 29.2 Å². The Hall–Kier alpha value is -2.58. The van der Waals surface area contributed by atoms with E-state index in [4.69, 9.17) is 9.47 Å². The summed E-state index contributed by atoms with van der Waals surface area (Å²) in [6, 6.07) is 14.4. The van der Waals surface area contributed by atoms with Crippen molar-refractivity contribution in [3.63, 3.8) is 0 Å². The van der Waals surface area contributed by atoms with Crippen molar-refractivity contribution in [2.75, 3.05) is 26.4 Å². The minimum absolute atomic E-state index is 0.0465. The fraction of sp³-hybridized carbons (Fsp3) is 0.536. The first kappa shape index (κ1) is 23.8. The maximum absolute atomic E-state index is 13.9. The van der Waals surface area contributed by atoms with Crippen LogP contribution >= 0.6 is 0 Å². The molecule has 0 spiro atoms. The number of carbonyl (C=O) groups excluding carboxylic acids is 1. The van der Waals surface area contributed by atoms with Crippen molar-refractivity contribution in [2.24, 2.45) is 5.41 Å². The zero-order chi connectivity index (χ0) is 24.9. The number of likely N-dealkylation sites (tertiary alicyclic amines) is 1. The van der Waals surface area contributed by atoms with E-state index >= 15 is 0 Å². The SMILES string of the molecule is O=C(N1COc2ccc(C(F)(F)F)cc2C1)[C@@]12CCO[C@@H]1C[C@@H](N1CCC(c3ccccc3)CC1)C2. The van der Waals surface area contributed by atoms with E-state index in [0.717, 1.165) is 50.9 Å². The number of piperidine rings is 1. The molecule has 8 heteroatoms. The van der Waals surface area contributed by atoms with Gasteiger partial charge in [-0.3, -0.25) is 4.79 Å². The van der Waals surface area contributed by atoms with Crippen molar-refractivity contribution in [3.8, 4) is 5.75 Å². The lowest BCUT2D eigenvalue weighted by Gasteiger charge is -2.38. The van der Waals surface area contributed by atoms with Crippen LogP contribution < -0.4 is 4.74 Å². The maximum Gasteiger partial charge on any atom is 0.416 e. The van der Waals surface area contributed by atoms with E-state index in [1.165, 1.54) is 11.6 Å². The third-order valence-corrected chi connectivity index (χ3v) is 8.72. The lowest BCUT2D eigenvalue weighted by Crippen LogP contribution is -2.49. The Labute approximate surface area is 209 Å². The van der Waals surface area contributed by atoms with E-state index in [-0.39, 0.29) is 31.3 Å². The second kappa shape index (κ2) is 9.06. The van der Waals surface area contributed by atoms with Gasteiger partial charge in [-0.2, -0.15) is 13.2 Å². The Morgan fingerprint density at radius 2 is 1.83 bits per heavy atom. The van der Waals surface area contributed by atoms with Gasteiger partial charge in [0.05, 0.1) is 23.6 Å². The predicted molar refractivity (Wildman–Crippen MR) is 127 cm³/mol. The number of fused-ring (bicyclic) bond motifs is 2. The van der Waals surface area contributed by atoms with Gasteiger partial charge in [-0.15, -0.1) is 0 Å². The first-order valence-electron chi connectivity index (χ1n) is 12.9. The van der Waals surface area contributed by atoms with E-state index in [1.807, 2.05) is 6.07 Å². The number of ether oxygens (including phenoxy) is 2. The van der Waals surface area contributed by atoms with E-state index in [0.29, 0.717) is 30.3 Å². The summed E-state index contributed by atoms with van der Waals surface area (Å²) < 4.78 is 51.5. The summed E-state index contributed by atoms with van der Waals surface area (Å²) in [6.07, 6.45) is -0.166. The largest absolute Gasteiger partial charge is 0.473 e. The Bertz CT molecular complexity index is 1120. The molecule has 0 unspecified atom stereocenters. The van der Waals surface area contributed by atoms with Crippen molar-refractivity contribution in [1.29, 1.82) is 0 Å². The van der Waals surface area contributed by atoms with Crippen molar-refractivity contribution in [2.45, 2.75) is 62.9 Å². The quantitative estimate of drug-likeness (QED) is 0.581. The Morgan fingerprint density at radius 1 is 1.06 bits per heavy atom. The van der Waals surface area contributed by atoms with Gasteiger partial charge < -0.3 is 19.3 Å². The molecule has 0 aromatic heterocycles. The van der Waals surface area contributed by atoms with Gasteiger partial charge in [0.2, 0.25) is 5.91 Å². The number of hydrogen-bond acceptors (Lipinski definition) is 4. The third kappa shape index (κ3) is 4.18. The van der Waals surface area contributed by atoms with E-state index in [1.54, 1.807) is 4.90 Å². The molecular formula is C28H31F3N2O3. The average Bonchev–Trinajstić information content (AvgIpc) is 3.46. The summed E-state index contributed by atoms with van der Waals surface area (Å²) in [4.78, 5) is 18.0. The predicted octanol–water partition coefficient (Wildman–Crippen LogP) is 5.20. The molecule has 0 N–H and O–H groups in total. The van der Waals surface area contributed by atoms with Gasteiger partial charge in [0.1, 0.15) is 5.75 Å². The number of hydrogen-bond donors (Lipinski definition) is 0. The highest BCUT2D eigenvalue weighted by Crippen LogP contribution is 2.51. The Kier molecular flexibility index (Phi) is 5.99. The van der Waals surface area contributed by atoms with Crippen LogP contribution in [-0.2, 0) is 22.3 Å². The summed E-state index contributed by atoms with van der Waals surface area (Å²) >= 11 is 0. The van der Waals surface area contributed by atoms with Gasteiger partial charge in [0, 0.05) is 18.2 Å². The molecule has 1 saturated carbocycles. The highest BCUT2D eigenvalue weighted by Gasteiger charge is 2.58. The molecule has 2 saturated heterocycles. The first-order valence-corrected chi connectivity index (χ1v) is 12.9. The smallest absolute Gasteiger partial charge is 0.416 e. The van der Waals surface area contributed by atoms with Crippen LogP contribution in [0.5, 0.6) is 5.75 Å². The normalized spacial score (nSPS) is 29.0. The lowest BCUT2D eigenvalue weighted by atomic mass is 9.80. The molecule has 0 bridgehead atoms. The highest BCUT2D eigenvalue weighted by atomic mass is 19.4. The van der Waals surface area contributed by atoms with Crippen LogP contribution in [0.2, 0.25) is 0 Å². The fourth-order valence-electron chi connectivity index (χ4n) is 6.78. The number of alkyl halides is 3. The molecule has 36 heavy (non-hydrogen) atoms. The standard InChI is InChI=1S/C28H31F3N2O3/c29-28(30,31)22-6-7-24-21(14-22)17-33(18-36-24)26(34)27-10-13-35-25(27)15-23(16-27)32-11-8-20(9-12-32)19-4-2-1-3-5-19/h1-7,14,20,23,25H,8-13,15-18H2/t23-,25-,27-/m1/s1. The Morgan fingerprint density at radius 3 is 2.58 bits per heavy atom. The molecular weight excluding hydrogens is 469 g/mol. The van der Waals surface area contributed by atoms with Crippen LogP contribution in [0.3, 0.4) is 0 Å². The molecule has 1 amide bonds. The summed E-state index contributed by atoms with van der Waals surface area (Å²) in [5.74, 6) is 0.937. The van der Waals surface area contributed by atoms with Gasteiger partial charge >= 0.3 is 6.18 Å². The highest BCUT2D eigenvalue weighted by molar-refractivity contribution is 5.84. The summed E-state index contributed by atoms with van der Waals surface area (Å²) in [5.41, 5.74) is 0.450. The second-order valence-corrected chi connectivity index (χ2v) is 10.7. The zero-order valence-corrected chi connectivity index (χ0v) is 20.2. The number of nitrogens with zero attached hydrogens (tertiary/aromatic N) is 2. The summed E-state index contributed by atoms with van der Waals surface area (Å²) in [6.45, 7) is 2.73. The number of halogens is 3. The van der Waals surface area contributed by atoms with Crippen molar-refractivity contribution in [1.82, 2.24) is 9.80 Å². The van der Waals surface area contributed by atoms with Crippen LogP contribution in [0.15, 0.2) is 48.5 Å². The molecule has 2 aromatic rings. The number of rotatable bonds is 3. The van der Waals surface area contributed by atoms with Crippen molar-refractivity contribution in [3.05, 3.63) is 65.2 Å². The fourth-order valence-corrected chi connectivity index (χ4v) is 6.78. The molecule has 2 aromatic carbocycles. The third-order valence-electron chi connectivity index (χ3n) is 8.72. The van der Waals surface area contributed by atoms with Gasteiger partial charge in [0.25, 0.3) is 0 Å². The molecule has 4 aliphatic rings. The van der Waals surface area contributed by atoms with Crippen LogP contribution in [0.25, 0.3) is 0 Å². The lowest BCUT2D eigenvalue weighted by molar-refractivity contribution is -0.149. The van der Waals surface area contributed by atoms with Crippen LogP contribution in [0.1, 0.15) is 54.7 Å². The molecule has 3 aliphatic heterocycles. The van der Waals surface area contributed by atoms with Gasteiger partial charge in [-0.05, 0) is 74.9 Å². The zero-order valence-electron chi connectivity index (χ0n) is 20.2. The van der Waals surface area contributed by atoms with Gasteiger partial charge in [-0.1, -0.05) is 30.3 Å². The van der Waals surface area contributed by atoms with Gasteiger partial charge in [0.15, 0.2) is 6.73 Å². The molecule has 0 radical (unpaired) electrons. The number of carbonyl (C=O) groups is 1. The molecule has 5 nitrogen and oxygen atoms in total. The minimum Gasteiger partial charge on any atom is -0.473 e. The van der Waals surface area contributed by atoms with E-state index < -0.39 is 17.2 Å². The summed E-state index contributed by atoms with van der Waals surface area (Å²) in [5, 5.41) is 0. The minimum atomic E-state index is -4.43. The maximum atomic E-state index is 13.9. The van der Waals surface area contributed by atoms with Crippen molar-refractivity contribution < 1.29 is 27.4 Å². The van der Waals surface area contributed by atoms with Crippen LogP contribution in [0.4, 0.5) is 13.2 Å². The second-order valence-electron chi connectivity index (χ2n) is 10.7. The van der Waals surface area contributed by atoms with Crippen molar-refractivity contribution >= 4 is 5.91 Å². The topological polar surface area (TPSA) is 42.0 Å². The molecule has 3 fully saturated rings. The molecule has 3 atom stereocenters. The monoisotopic (exact) mass is 500 g/mol. The number of amides is 1. The first-order chi connectivity index (χ1) is 17.3. The average molecular weight is 501 g/mol. The van der Waals surface area contributed by atoms with Gasteiger partial charge in [-0.25, -0.2) is 0 Å². The summed E-state index contributed by atoms with van der Waals surface area (Å²) in [7, 11) is 0. The number of benzene rings is 2. The molecule has 192 valence electrons. The Balaban J connectivity index is 1.14.